The Balaban J connectivity index is 1.54. The van der Waals surface area contributed by atoms with Gasteiger partial charge in [0.1, 0.15) is 5.82 Å². The maximum Gasteiger partial charge on any atom is 0.225 e. The van der Waals surface area contributed by atoms with Gasteiger partial charge in [0, 0.05) is 50.9 Å². The number of carbonyl (C=O) groups excluding carboxylic acids is 1. The van der Waals surface area contributed by atoms with Crippen LogP contribution in [0.3, 0.4) is 0 Å². The summed E-state index contributed by atoms with van der Waals surface area (Å²) in [6.45, 7) is 11.3. The minimum absolute atomic E-state index is 0.260. The number of amides is 1. The van der Waals surface area contributed by atoms with Crippen molar-refractivity contribution in [1.29, 1.82) is 0 Å². The topological polar surface area (TPSA) is 72.9 Å². The van der Waals surface area contributed by atoms with Gasteiger partial charge in [-0.2, -0.15) is 0 Å². The number of hydrogen-bond acceptors (Lipinski definition) is 4. The fraction of sp³-hybridized carbons (Fsp3) is 0.696. The SMILES string of the molecule is CCNC(=NCc1ccc(N(CC)CC)nc1)NC1CCN(C(=O)C2CCCC2)C1. The van der Waals surface area contributed by atoms with Crippen LogP contribution in [0, 0.1) is 5.92 Å². The number of hydrogen-bond donors (Lipinski definition) is 2. The fourth-order valence-corrected chi connectivity index (χ4v) is 4.44. The molecule has 2 heterocycles. The molecule has 0 bridgehead atoms. The third-order valence-electron chi connectivity index (χ3n) is 6.21. The van der Waals surface area contributed by atoms with E-state index in [1.807, 2.05) is 11.1 Å². The summed E-state index contributed by atoms with van der Waals surface area (Å²) in [5, 5.41) is 6.86. The highest BCUT2D eigenvalue weighted by molar-refractivity contribution is 5.81. The fourth-order valence-electron chi connectivity index (χ4n) is 4.44. The molecule has 0 aromatic carbocycles. The molecule has 1 aromatic rings. The van der Waals surface area contributed by atoms with Gasteiger partial charge in [0.15, 0.2) is 5.96 Å². The summed E-state index contributed by atoms with van der Waals surface area (Å²) in [6.07, 6.45) is 7.43. The third kappa shape index (κ3) is 5.86. The summed E-state index contributed by atoms with van der Waals surface area (Å²) in [7, 11) is 0. The van der Waals surface area contributed by atoms with Crippen molar-refractivity contribution >= 4 is 17.7 Å². The quantitative estimate of drug-likeness (QED) is 0.505. The van der Waals surface area contributed by atoms with E-state index in [-0.39, 0.29) is 12.0 Å². The van der Waals surface area contributed by atoms with Crippen LogP contribution in [-0.4, -0.2) is 60.5 Å². The number of nitrogens with zero attached hydrogens (tertiary/aromatic N) is 4. The minimum atomic E-state index is 0.260. The Kier molecular flexibility index (Phi) is 8.34. The number of anilines is 1. The number of pyridine rings is 1. The second kappa shape index (κ2) is 11.2. The van der Waals surface area contributed by atoms with Crippen LogP contribution in [-0.2, 0) is 11.3 Å². The Morgan fingerprint density at radius 2 is 1.97 bits per heavy atom. The molecule has 1 atom stereocenters. The molecule has 1 aliphatic heterocycles. The summed E-state index contributed by atoms with van der Waals surface area (Å²) in [5.41, 5.74) is 1.09. The van der Waals surface area contributed by atoms with Crippen LogP contribution in [0.15, 0.2) is 23.3 Å². The summed E-state index contributed by atoms with van der Waals surface area (Å²) >= 11 is 0. The molecule has 1 saturated heterocycles. The van der Waals surface area contributed by atoms with E-state index in [9.17, 15) is 4.79 Å². The largest absolute Gasteiger partial charge is 0.357 e. The highest BCUT2D eigenvalue weighted by Crippen LogP contribution is 2.27. The van der Waals surface area contributed by atoms with Gasteiger partial charge in [0.25, 0.3) is 0 Å². The molecule has 1 amide bonds. The van der Waals surface area contributed by atoms with Crippen LogP contribution in [0.2, 0.25) is 0 Å². The van der Waals surface area contributed by atoms with E-state index in [1.165, 1.54) is 12.8 Å². The van der Waals surface area contributed by atoms with E-state index in [1.54, 1.807) is 0 Å². The highest BCUT2D eigenvalue weighted by Gasteiger charge is 2.32. The van der Waals surface area contributed by atoms with E-state index in [4.69, 9.17) is 4.99 Å². The maximum atomic E-state index is 12.7. The molecule has 1 aliphatic carbocycles. The Hall–Kier alpha value is -2.31. The van der Waals surface area contributed by atoms with Crippen LogP contribution in [0.25, 0.3) is 0 Å². The summed E-state index contributed by atoms with van der Waals surface area (Å²) in [4.78, 5) is 26.3. The minimum Gasteiger partial charge on any atom is -0.357 e. The van der Waals surface area contributed by atoms with E-state index >= 15 is 0 Å². The highest BCUT2D eigenvalue weighted by atomic mass is 16.2. The molecular weight excluding hydrogens is 376 g/mol. The summed E-state index contributed by atoms with van der Waals surface area (Å²) in [5.74, 6) is 2.44. The van der Waals surface area contributed by atoms with Gasteiger partial charge in [-0.15, -0.1) is 0 Å². The lowest BCUT2D eigenvalue weighted by molar-refractivity contribution is -0.134. The molecule has 0 radical (unpaired) electrons. The van der Waals surface area contributed by atoms with Crippen molar-refractivity contribution in [3.8, 4) is 0 Å². The molecule has 2 fully saturated rings. The number of rotatable bonds is 8. The molecular formula is C23H38N6O. The monoisotopic (exact) mass is 414 g/mol. The van der Waals surface area contributed by atoms with Gasteiger partial charge in [-0.1, -0.05) is 18.9 Å². The standard InChI is InChI=1S/C23H38N6O/c1-4-24-23(26-16-18-11-12-21(25-15-18)28(5-2)6-3)27-20-13-14-29(17-20)22(30)19-9-7-8-10-19/h11-12,15,19-20H,4-10,13-14,16-17H2,1-3H3,(H2,24,26,27). The van der Waals surface area contributed by atoms with Gasteiger partial charge in [-0.25, -0.2) is 9.98 Å². The van der Waals surface area contributed by atoms with Gasteiger partial charge >= 0.3 is 0 Å². The van der Waals surface area contributed by atoms with Crippen molar-refractivity contribution in [2.75, 3.05) is 37.6 Å². The third-order valence-corrected chi connectivity index (χ3v) is 6.21. The average Bonchev–Trinajstić information content (AvgIpc) is 3.46. The van der Waals surface area contributed by atoms with Crippen LogP contribution in [0.4, 0.5) is 5.82 Å². The predicted octanol–water partition coefficient (Wildman–Crippen LogP) is 2.77. The maximum absolute atomic E-state index is 12.7. The first kappa shape index (κ1) is 22.4. The van der Waals surface area contributed by atoms with E-state index in [0.29, 0.717) is 12.5 Å². The Morgan fingerprint density at radius 1 is 1.20 bits per heavy atom. The van der Waals surface area contributed by atoms with Crippen LogP contribution >= 0.6 is 0 Å². The van der Waals surface area contributed by atoms with Crippen LogP contribution < -0.4 is 15.5 Å². The zero-order valence-corrected chi connectivity index (χ0v) is 18.9. The summed E-state index contributed by atoms with van der Waals surface area (Å²) < 4.78 is 0. The van der Waals surface area contributed by atoms with Gasteiger partial charge < -0.3 is 20.4 Å². The molecule has 7 heteroatoms. The molecule has 3 rings (SSSR count). The normalized spacial score (nSPS) is 19.9. The van der Waals surface area contributed by atoms with Crippen LogP contribution in [0.5, 0.6) is 0 Å². The lowest BCUT2D eigenvalue weighted by Gasteiger charge is -2.21. The smallest absolute Gasteiger partial charge is 0.225 e. The van der Waals surface area contributed by atoms with Crippen molar-refractivity contribution in [1.82, 2.24) is 20.5 Å². The molecule has 30 heavy (non-hydrogen) atoms. The van der Waals surface area contributed by atoms with E-state index in [0.717, 1.165) is 69.3 Å². The van der Waals surface area contributed by atoms with Crippen molar-refractivity contribution in [3.05, 3.63) is 23.9 Å². The number of guanidine groups is 1. The van der Waals surface area contributed by atoms with Crippen molar-refractivity contribution in [2.45, 2.75) is 65.5 Å². The van der Waals surface area contributed by atoms with Gasteiger partial charge in [0.2, 0.25) is 5.91 Å². The van der Waals surface area contributed by atoms with Crippen molar-refractivity contribution in [3.63, 3.8) is 0 Å². The zero-order valence-electron chi connectivity index (χ0n) is 18.9. The van der Waals surface area contributed by atoms with Crippen molar-refractivity contribution in [2.24, 2.45) is 10.9 Å². The molecule has 1 saturated carbocycles. The Bertz CT molecular complexity index is 694. The Labute approximate surface area is 181 Å². The number of nitrogens with one attached hydrogen (secondary N) is 2. The lowest BCUT2D eigenvalue weighted by Crippen LogP contribution is -2.45. The molecule has 166 valence electrons. The summed E-state index contributed by atoms with van der Waals surface area (Å²) in [6, 6.07) is 4.43. The Morgan fingerprint density at radius 3 is 2.60 bits per heavy atom. The number of likely N-dealkylation sites (tertiary alicyclic amines) is 1. The van der Waals surface area contributed by atoms with E-state index < -0.39 is 0 Å². The molecule has 0 spiro atoms. The number of carbonyl (C=O) groups is 1. The van der Waals surface area contributed by atoms with Crippen LogP contribution in [0.1, 0.15) is 58.4 Å². The molecule has 2 N–H and O–H groups in total. The lowest BCUT2D eigenvalue weighted by atomic mass is 10.1. The van der Waals surface area contributed by atoms with Crippen molar-refractivity contribution < 1.29 is 4.79 Å². The van der Waals surface area contributed by atoms with Gasteiger partial charge in [-0.05, 0) is 51.7 Å². The molecule has 1 unspecified atom stereocenters. The average molecular weight is 415 g/mol. The van der Waals surface area contributed by atoms with E-state index in [2.05, 4.69) is 53.4 Å². The second-order valence-corrected chi connectivity index (χ2v) is 8.29. The first-order chi connectivity index (χ1) is 14.6. The van der Waals surface area contributed by atoms with Gasteiger partial charge in [-0.3, -0.25) is 4.79 Å². The number of aromatic nitrogens is 1. The first-order valence-electron chi connectivity index (χ1n) is 11.7. The zero-order chi connectivity index (χ0) is 21.3. The molecule has 1 aromatic heterocycles. The van der Waals surface area contributed by atoms with Gasteiger partial charge in [0.05, 0.1) is 6.54 Å². The second-order valence-electron chi connectivity index (χ2n) is 8.29. The predicted molar refractivity (Wildman–Crippen MR) is 123 cm³/mol. The first-order valence-corrected chi connectivity index (χ1v) is 11.7. The number of aliphatic imine (C=N–C) groups is 1. The molecule has 7 nitrogen and oxygen atoms in total. The molecule has 2 aliphatic rings.